The second kappa shape index (κ2) is 5.79. The Hall–Kier alpha value is -0.960. The summed E-state index contributed by atoms with van der Waals surface area (Å²) in [5.41, 5.74) is 0.569. The molecule has 0 spiro atoms. The van der Waals surface area contributed by atoms with E-state index in [1.54, 1.807) is 6.07 Å². The van der Waals surface area contributed by atoms with Gasteiger partial charge in [-0.25, -0.2) is 0 Å². The molecule has 0 aliphatic rings. The van der Waals surface area contributed by atoms with Gasteiger partial charge in [0.15, 0.2) is 5.78 Å². The third kappa shape index (κ3) is 3.08. The van der Waals surface area contributed by atoms with Crippen LogP contribution in [0.2, 0.25) is 10.0 Å². The number of Topliss-reactive ketones (excluding diaryl/α,β-unsaturated/α-hetero) is 1. The molecule has 0 amide bonds. The lowest BCUT2D eigenvalue weighted by molar-refractivity contribution is 0.101. The molecule has 2 aromatic carbocycles. The van der Waals surface area contributed by atoms with Crippen LogP contribution in [0.5, 0.6) is 0 Å². The highest BCUT2D eigenvalue weighted by Crippen LogP contribution is 2.34. The largest absolute Gasteiger partial charge is 0.294 e. The van der Waals surface area contributed by atoms with E-state index in [-0.39, 0.29) is 5.78 Å². The molecule has 0 aromatic heterocycles. The van der Waals surface area contributed by atoms with Crippen molar-refractivity contribution in [3.05, 3.63) is 58.1 Å². The zero-order valence-corrected chi connectivity index (χ0v) is 11.9. The lowest BCUT2D eigenvalue weighted by Crippen LogP contribution is -1.96. The number of benzene rings is 2. The van der Waals surface area contributed by atoms with E-state index in [1.807, 2.05) is 36.4 Å². The number of halogens is 2. The van der Waals surface area contributed by atoms with Gasteiger partial charge >= 0.3 is 0 Å². The van der Waals surface area contributed by atoms with Gasteiger partial charge in [0.05, 0.1) is 5.02 Å². The summed E-state index contributed by atoms with van der Waals surface area (Å²) >= 11 is 13.4. The van der Waals surface area contributed by atoms with E-state index in [4.69, 9.17) is 23.2 Å². The van der Waals surface area contributed by atoms with Crippen LogP contribution in [0, 0.1) is 0 Å². The lowest BCUT2D eigenvalue weighted by atomic mass is 10.1. The quantitative estimate of drug-likeness (QED) is 0.711. The van der Waals surface area contributed by atoms with Crippen LogP contribution in [0.25, 0.3) is 0 Å². The maximum Gasteiger partial charge on any atom is 0.162 e. The fraction of sp³-hybridized carbons (Fsp3) is 0.0714. The van der Waals surface area contributed by atoms with Crippen LogP contribution in [-0.4, -0.2) is 5.78 Å². The summed E-state index contributed by atoms with van der Waals surface area (Å²) in [5, 5.41) is 1.18. The number of hydrogen-bond acceptors (Lipinski definition) is 2. The minimum atomic E-state index is -0.0305. The Morgan fingerprint density at radius 1 is 1.06 bits per heavy atom. The van der Waals surface area contributed by atoms with Crippen molar-refractivity contribution in [3.8, 4) is 0 Å². The normalized spacial score (nSPS) is 10.4. The average Bonchev–Trinajstić information content (AvgIpc) is 2.32. The topological polar surface area (TPSA) is 17.1 Å². The molecule has 0 heterocycles. The third-order valence-electron chi connectivity index (χ3n) is 2.37. The summed E-state index contributed by atoms with van der Waals surface area (Å²) in [6.45, 7) is 1.52. The standard InChI is InChI=1S/C14H10Cl2OS/c1-9(17)14-12(16)3-2-4-13(14)18-11-7-5-10(15)6-8-11/h2-8H,1H3. The van der Waals surface area contributed by atoms with Crippen LogP contribution in [0.15, 0.2) is 52.3 Å². The number of hydrogen-bond donors (Lipinski definition) is 0. The van der Waals surface area contributed by atoms with Crippen molar-refractivity contribution >= 4 is 40.7 Å². The van der Waals surface area contributed by atoms with Crippen molar-refractivity contribution in [3.63, 3.8) is 0 Å². The fourth-order valence-corrected chi connectivity index (χ4v) is 3.08. The summed E-state index contributed by atoms with van der Waals surface area (Å²) in [7, 11) is 0. The fourth-order valence-electron chi connectivity index (χ4n) is 1.56. The van der Waals surface area contributed by atoms with Crippen molar-refractivity contribution in [2.45, 2.75) is 16.7 Å². The van der Waals surface area contributed by atoms with Gasteiger partial charge in [-0.3, -0.25) is 4.79 Å². The van der Waals surface area contributed by atoms with Gasteiger partial charge in [0, 0.05) is 20.4 Å². The van der Waals surface area contributed by atoms with Crippen molar-refractivity contribution in [1.82, 2.24) is 0 Å². The van der Waals surface area contributed by atoms with E-state index in [0.29, 0.717) is 15.6 Å². The van der Waals surface area contributed by atoms with Crippen molar-refractivity contribution < 1.29 is 4.79 Å². The Bertz CT molecular complexity index is 579. The number of carbonyl (C=O) groups excluding carboxylic acids is 1. The Morgan fingerprint density at radius 2 is 1.72 bits per heavy atom. The summed E-state index contributed by atoms with van der Waals surface area (Å²) in [4.78, 5) is 13.5. The molecule has 0 aliphatic carbocycles. The van der Waals surface area contributed by atoms with Gasteiger partial charge in [0.2, 0.25) is 0 Å². The van der Waals surface area contributed by atoms with E-state index < -0.39 is 0 Å². The molecule has 1 nitrogen and oxygen atoms in total. The van der Waals surface area contributed by atoms with Crippen LogP contribution in [0.1, 0.15) is 17.3 Å². The van der Waals surface area contributed by atoms with Gasteiger partial charge in [0.1, 0.15) is 0 Å². The Labute approximate surface area is 120 Å². The van der Waals surface area contributed by atoms with E-state index in [2.05, 4.69) is 0 Å². The number of rotatable bonds is 3. The molecule has 92 valence electrons. The van der Waals surface area contributed by atoms with Gasteiger partial charge in [-0.15, -0.1) is 0 Å². The summed E-state index contributed by atoms with van der Waals surface area (Å²) in [5.74, 6) is -0.0305. The molecule has 0 aliphatic heterocycles. The van der Waals surface area contributed by atoms with E-state index in [9.17, 15) is 4.79 Å². The van der Waals surface area contributed by atoms with E-state index in [1.165, 1.54) is 18.7 Å². The molecule has 2 aromatic rings. The summed E-state index contributed by atoms with van der Waals surface area (Å²) in [6.07, 6.45) is 0. The van der Waals surface area contributed by atoms with E-state index in [0.717, 1.165) is 9.79 Å². The van der Waals surface area contributed by atoms with Gasteiger partial charge in [-0.1, -0.05) is 41.0 Å². The number of carbonyl (C=O) groups is 1. The predicted octanol–water partition coefficient (Wildman–Crippen LogP) is 5.35. The van der Waals surface area contributed by atoms with Crippen LogP contribution in [0.4, 0.5) is 0 Å². The molecule has 0 unspecified atom stereocenters. The first-order valence-corrected chi connectivity index (χ1v) is 6.88. The summed E-state index contributed by atoms with van der Waals surface area (Å²) in [6, 6.07) is 12.9. The van der Waals surface area contributed by atoms with Crippen LogP contribution < -0.4 is 0 Å². The Kier molecular flexibility index (Phi) is 4.33. The highest BCUT2D eigenvalue weighted by atomic mass is 35.5. The molecule has 0 saturated heterocycles. The van der Waals surface area contributed by atoms with Crippen LogP contribution in [0.3, 0.4) is 0 Å². The van der Waals surface area contributed by atoms with Crippen molar-refractivity contribution in [1.29, 1.82) is 0 Å². The monoisotopic (exact) mass is 296 g/mol. The third-order valence-corrected chi connectivity index (χ3v) is 4.00. The highest BCUT2D eigenvalue weighted by molar-refractivity contribution is 7.99. The zero-order chi connectivity index (χ0) is 13.1. The molecule has 0 radical (unpaired) electrons. The van der Waals surface area contributed by atoms with Crippen LogP contribution >= 0.6 is 35.0 Å². The Morgan fingerprint density at radius 3 is 2.33 bits per heavy atom. The first-order valence-electron chi connectivity index (χ1n) is 5.31. The second-order valence-corrected chi connectivity index (χ2v) is 5.68. The van der Waals surface area contributed by atoms with Gasteiger partial charge in [-0.2, -0.15) is 0 Å². The maximum atomic E-state index is 11.6. The molecule has 2 rings (SSSR count). The average molecular weight is 297 g/mol. The molecular formula is C14H10Cl2OS. The minimum Gasteiger partial charge on any atom is -0.294 e. The Balaban J connectivity index is 2.37. The molecular weight excluding hydrogens is 287 g/mol. The summed E-state index contributed by atoms with van der Waals surface area (Å²) < 4.78 is 0. The first kappa shape index (κ1) is 13.5. The molecule has 0 N–H and O–H groups in total. The van der Waals surface area contributed by atoms with Gasteiger partial charge in [0.25, 0.3) is 0 Å². The molecule has 18 heavy (non-hydrogen) atoms. The van der Waals surface area contributed by atoms with Gasteiger partial charge in [-0.05, 0) is 43.3 Å². The second-order valence-electron chi connectivity index (χ2n) is 3.73. The molecule has 0 bridgehead atoms. The maximum absolute atomic E-state index is 11.6. The molecule has 0 saturated carbocycles. The lowest BCUT2D eigenvalue weighted by Gasteiger charge is -2.08. The molecule has 4 heteroatoms. The van der Waals surface area contributed by atoms with Crippen molar-refractivity contribution in [2.24, 2.45) is 0 Å². The predicted molar refractivity (Wildman–Crippen MR) is 77.0 cm³/mol. The van der Waals surface area contributed by atoms with Crippen molar-refractivity contribution in [2.75, 3.05) is 0 Å². The van der Waals surface area contributed by atoms with Gasteiger partial charge < -0.3 is 0 Å². The minimum absolute atomic E-state index is 0.0305. The molecule has 0 atom stereocenters. The molecule has 0 fully saturated rings. The van der Waals surface area contributed by atoms with E-state index >= 15 is 0 Å². The zero-order valence-electron chi connectivity index (χ0n) is 9.61. The van der Waals surface area contributed by atoms with Crippen LogP contribution in [-0.2, 0) is 0 Å². The smallest absolute Gasteiger partial charge is 0.162 e. The number of ketones is 1. The SMILES string of the molecule is CC(=O)c1c(Cl)cccc1Sc1ccc(Cl)cc1. The highest BCUT2D eigenvalue weighted by Gasteiger charge is 2.12. The first-order chi connectivity index (χ1) is 8.58.